The Bertz CT molecular complexity index is 1070. The highest BCUT2D eigenvalue weighted by Crippen LogP contribution is 2.28. The second kappa shape index (κ2) is 8.79. The zero-order valence-corrected chi connectivity index (χ0v) is 17.4. The zero-order chi connectivity index (χ0) is 22.8. The van der Waals surface area contributed by atoms with Crippen molar-refractivity contribution in [3.8, 4) is 0 Å². The minimum Gasteiger partial charge on any atom is -0.481 e. The van der Waals surface area contributed by atoms with Crippen LogP contribution >= 0.6 is 0 Å². The van der Waals surface area contributed by atoms with E-state index >= 15 is 0 Å². The average molecular weight is 458 g/mol. The van der Waals surface area contributed by atoms with Crippen molar-refractivity contribution in [3.63, 3.8) is 0 Å². The van der Waals surface area contributed by atoms with Crippen molar-refractivity contribution < 1.29 is 31.5 Å². The van der Waals surface area contributed by atoms with E-state index in [0.717, 1.165) is 17.8 Å². The summed E-state index contributed by atoms with van der Waals surface area (Å²) in [6.45, 7) is 2.16. The number of piperazine rings is 1. The molecular weight excluding hydrogens is 437 g/mol. The molecule has 0 amide bonds. The topological polar surface area (TPSA) is 104 Å². The molecule has 1 aliphatic rings. The maximum absolute atomic E-state index is 13.0. The predicted molar refractivity (Wildman–Crippen MR) is 105 cm³/mol. The Labute approximate surface area is 177 Å². The summed E-state index contributed by atoms with van der Waals surface area (Å²) in [5.41, 5.74) is 0.134. The second-order valence-corrected chi connectivity index (χ2v) is 8.92. The number of hydrogen-bond acceptors (Lipinski definition) is 6. The molecule has 8 nitrogen and oxygen atoms in total. The van der Waals surface area contributed by atoms with Gasteiger partial charge in [-0.25, -0.2) is 18.4 Å². The van der Waals surface area contributed by atoms with Crippen molar-refractivity contribution in [1.82, 2.24) is 14.3 Å². The van der Waals surface area contributed by atoms with Crippen molar-refractivity contribution in [2.45, 2.75) is 30.8 Å². The number of anilines is 1. The van der Waals surface area contributed by atoms with Crippen LogP contribution in [0.1, 0.15) is 23.7 Å². The van der Waals surface area contributed by atoms with E-state index in [4.69, 9.17) is 5.11 Å². The third-order valence-electron chi connectivity index (χ3n) is 4.99. The molecule has 1 fully saturated rings. The van der Waals surface area contributed by atoms with E-state index < -0.39 is 27.9 Å². The minimum atomic E-state index is -4.60. The number of rotatable bonds is 6. The quantitative estimate of drug-likeness (QED) is 0.708. The molecule has 1 N–H and O–H groups in total. The van der Waals surface area contributed by atoms with Crippen LogP contribution in [0, 0.1) is 0 Å². The van der Waals surface area contributed by atoms with Gasteiger partial charge in [0.1, 0.15) is 5.69 Å². The number of nitrogens with zero attached hydrogens (tertiary/aromatic N) is 4. The lowest BCUT2D eigenvalue weighted by molar-refractivity contribution is -0.141. The molecule has 2 heterocycles. The van der Waals surface area contributed by atoms with E-state index in [-0.39, 0.29) is 43.4 Å². The van der Waals surface area contributed by atoms with Gasteiger partial charge in [0.2, 0.25) is 16.0 Å². The van der Waals surface area contributed by atoms with Gasteiger partial charge in [0.25, 0.3) is 0 Å². The first-order valence-electron chi connectivity index (χ1n) is 9.51. The van der Waals surface area contributed by atoms with E-state index in [1.807, 2.05) is 6.92 Å². The van der Waals surface area contributed by atoms with Crippen molar-refractivity contribution in [2.24, 2.45) is 0 Å². The highest BCUT2D eigenvalue weighted by molar-refractivity contribution is 7.89. The van der Waals surface area contributed by atoms with Gasteiger partial charge in [0, 0.05) is 32.4 Å². The van der Waals surface area contributed by atoms with Crippen molar-refractivity contribution in [2.75, 3.05) is 31.1 Å². The predicted octanol–water partition coefficient (Wildman–Crippen LogP) is 2.20. The van der Waals surface area contributed by atoms with E-state index in [2.05, 4.69) is 9.97 Å². The molecule has 1 aliphatic heterocycles. The molecule has 2 aromatic rings. The molecule has 1 aromatic carbocycles. The molecule has 1 aromatic heterocycles. The molecule has 0 unspecified atom stereocenters. The number of halogens is 3. The van der Waals surface area contributed by atoms with Crippen molar-refractivity contribution >= 4 is 21.9 Å². The number of hydrogen-bond donors (Lipinski definition) is 1. The minimum absolute atomic E-state index is 0.00952. The zero-order valence-electron chi connectivity index (χ0n) is 16.6. The van der Waals surface area contributed by atoms with Crippen molar-refractivity contribution in [1.29, 1.82) is 0 Å². The number of aryl methyl sites for hydroxylation is 1. The molecule has 3 rings (SSSR count). The van der Waals surface area contributed by atoms with E-state index in [1.54, 1.807) is 6.07 Å². The largest absolute Gasteiger partial charge is 0.481 e. The van der Waals surface area contributed by atoms with Gasteiger partial charge in [-0.05, 0) is 35.7 Å². The van der Waals surface area contributed by atoms with Crippen LogP contribution in [0.25, 0.3) is 0 Å². The molecule has 1 saturated heterocycles. The summed E-state index contributed by atoms with van der Waals surface area (Å²) < 4.78 is 65.9. The summed E-state index contributed by atoms with van der Waals surface area (Å²) in [5, 5.41) is 9.09. The number of aliphatic carboxylic acids is 1. The second-order valence-electron chi connectivity index (χ2n) is 6.99. The summed E-state index contributed by atoms with van der Waals surface area (Å²) in [6.07, 6.45) is -3.29. The van der Waals surface area contributed by atoms with E-state index in [9.17, 15) is 26.4 Å². The summed E-state index contributed by atoms with van der Waals surface area (Å²) in [6, 6.07) is 5.21. The van der Waals surface area contributed by atoms with Crippen molar-refractivity contribution in [3.05, 3.63) is 47.3 Å². The summed E-state index contributed by atoms with van der Waals surface area (Å²) in [7, 11) is -3.89. The summed E-state index contributed by atoms with van der Waals surface area (Å²) >= 11 is 0. The van der Waals surface area contributed by atoms with Crippen LogP contribution in [0.2, 0.25) is 0 Å². The number of carboxylic acids is 1. The fourth-order valence-electron chi connectivity index (χ4n) is 3.37. The molecule has 12 heteroatoms. The van der Waals surface area contributed by atoms with E-state index in [0.29, 0.717) is 12.0 Å². The molecule has 0 atom stereocenters. The van der Waals surface area contributed by atoms with Crippen LogP contribution in [-0.4, -0.2) is 59.9 Å². The standard InChI is InChI=1S/C19H21F3N4O4S/c1-2-13-3-4-15(11-14(13)12-17(27)28)31(29,30)26-9-7-25(8-10-26)18-23-6-5-16(24-18)19(20,21)22/h3-6,11H,2,7-10,12H2,1H3,(H,27,28). The third kappa shape index (κ3) is 5.13. The smallest absolute Gasteiger partial charge is 0.433 e. The Morgan fingerprint density at radius 1 is 1.13 bits per heavy atom. The number of aromatic nitrogens is 2. The van der Waals surface area contributed by atoms with Gasteiger partial charge in [0.05, 0.1) is 11.3 Å². The van der Waals surface area contributed by atoms with Crippen LogP contribution in [0.15, 0.2) is 35.4 Å². The van der Waals surface area contributed by atoms with Gasteiger partial charge in [-0.2, -0.15) is 17.5 Å². The number of carboxylic acid groups (broad SMARTS) is 1. The van der Waals surface area contributed by atoms with Gasteiger partial charge in [-0.15, -0.1) is 0 Å². The van der Waals surface area contributed by atoms with Crippen LogP contribution in [0.4, 0.5) is 19.1 Å². The first-order chi connectivity index (χ1) is 14.5. The van der Waals surface area contributed by atoms with Gasteiger partial charge in [-0.3, -0.25) is 4.79 Å². The lowest BCUT2D eigenvalue weighted by Crippen LogP contribution is -2.49. The first-order valence-corrected chi connectivity index (χ1v) is 11.0. The highest BCUT2D eigenvalue weighted by atomic mass is 32.2. The lowest BCUT2D eigenvalue weighted by Gasteiger charge is -2.34. The van der Waals surface area contributed by atoms with Gasteiger partial charge < -0.3 is 10.0 Å². The van der Waals surface area contributed by atoms with Crippen LogP contribution in [0.3, 0.4) is 0 Å². The van der Waals surface area contributed by atoms with Crippen LogP contribution < -0.4 is 4.90 Å². The fourth-order valence-corrected chi connectivity index (χ4v) is 4.84. The Morgan fingerprint density at radius 3 is 2.39 bits per heavy atom. The number of carbonyl (C=O) groups is 1. The number of sulfonamides is 1. The summed E-state index contributed by atoms with van der Waals surface area (Å²) in [4.78, 5) is 20.0. The summed E-state index contributed by atoms with van der Waals surface area (Å²) in [5.74, 6) is -1.16. The fraction of sp³-hybridized carbons (Fsp3) is 0.421. The van der Waals surface area contributed by atoms with Gasteiger partial charge >= 0.3 is 12.1 Å². The van der Waals surface area contributed by atoms with Crippen LogP contribution in [-0.2, 0) is 33.8 Å². The molecule has 0 spiro atoms. The maximum atomic E-state index is 13.0. The Hall–Kier alpha value is -2.73. The first kappa shape index (κ1) is 22.9. The average Bonchev–Trinajstić information content (AvgIpc) is 2.73. The van der Waals surface area contributed by atoms with Gasteiger partial charge in [0.15, 0.2) is 0 Å². The van der Waals surface area contributed by atoms with Gasteiger partial charge in [-0.1, -0.05) is 13.0 Å². The normalized spacial score (nSPS) is 15.8. The molecule has 0 radical (unpaired) electrons. The SMILES string of the molecule is CCc1ccc(S(=O)(=O)N2CCN(c3nccc(C(F)(F)F)n3)CC2)cc1CC(=O)O. The van der Waals surface area contributed by atoms with Crippen LogP contribution in [0.5, 0.6) is 0 Å². The maximum Gasteiger partial charge on any atom is 0.433 e. The molecule has 168 valence electrons. The molecule has 0 saturated carbocycles. The Morgan fingerprint density at radius 2 is 1.81 bits per heavy atom. The number of benzene rings is 1. The molecular formula is C19H21F3N4O4S. The monoisotopic (exact) mass is 458 g/mol. The molecule has 31 heavy (non-hydrogen) atoms. The molecule has 0 aliphatic carbocycles. The number of alkyl halides is 3. The third-order valence-corrected chi connectivity index (χ3v) is 6.89. The highest BCUT2D eigenvalue weighted by Gasteiger charge is 2.34. The van der Waals surface area contributed by atoms with E-state index in [1.165, 1.54) is 21.3 Å². The lowest BCUT2D eigenvalue weighted by atomic mass is 10.0. The Kier molecular flexibility index (Phi) is 6.51. The molecule has 0 bridgehead atoms. The Balaban J connectivity index is 1.77.